The van der Waals surface area contributed by atoms with Crippen LogP contribution in [0.1, 0.15) is 41.4 Å². The van der Waals surface area contributed by atoms with Crippen molar-refractivity contribution in [2.24, 2.45) is 0 Å². The maximum Gasteiger partial charge on any atom is 0.274 e. The smallest absolute Gasteiger partial charge is 0.274 e. The minimum absolute atomic E-state index is 0.333. The molecule has 3 aromatic rings. The van der Waals surface area contributed by atoms with Gasteiger partial charge in [-0.25, -0.2) is 5.48 Å². The summed E-state index contributed by atoms with van der Waals surface area (Å²) in [5, 5.41) is 9.90. The van der Waals surface area contributed by atoms with Crippen molar-refractivity contribution in [2.75, 3.05) is 0 Å². The van der Waals surface area contributed by atoms with Gasteiger partial charge >= 0.3 is 0 Å². The number of rotatable bonds is 4. The van der Waals surface area contributed by atoms with E-state index >= 15 is 0 Å². The molecule has 1 heterocycles. The molecule has 118 valence electrons. The molecule has 0 aliphatic heterocycles. The third kappa shape index (κ3) is 2.98. The van der Waals surface area contributed by atoms with Gasteiger partial charge in [-0.2, -0.15) is 0 Å². The molecule has 2 N–H and O–H groups in total. The second kappa shape index (κ2) is 6.26. The van der Waals surface area contributed by atoms with Gasteiger partial charge in [0.2, 0.25) is 0 Å². The Kier molecular flexibility index (Phi) is 4.17. The Labute approximate surface area is 135 Å². The van der Waals surface area contributed by atoms with Crippen molar-refractivity contribution in [2.45, 2.75) is 26.3 Å². The van der Waals surface area contributed by atoms with E-state index in [1.54, 1.807) is 11.5 Å². The van der Waals surface area contributed by atoms with Gasteiger partial charge in [0.1, 0.15) is 0 Å². The summed E-state index contributed by atoms with van der Waals surface area (Å²) in [5.74, 6) is -0.491. The van der Waals surface area contributed by atoms with Gasteiger partial charge in [-0.3, -0.25) is 10.0 Å². The zero-order valence-electron chi connectivity index (χ0n) is 13.3. The molecular weight excluding hydrogens is 288 g/mol. The fourth-order valence-electron chi connectivity index (χ4n) is 2.92. The molecule has 1 aromatic heterocycles. The van der Waals surface area contributed by atoms with E-state index in [-0.39, 0.29) is 0 Å². The standard InChI is InChI=1S/C19H20N2O2/c1-13(2)21-12-16(10-14-6-4-3-5-7-14)17-11-15(19(22)20-23)8-9-18(17)21/h3-9,11-13,23H,10H2,1-2H3,(H,20,22). The van der Waals surface area contributed by atoms with Crippen molar-refractivity contribution in [3.63, 3.8) is 0 Å². The Morgan fingerprint density at radius 1 is 1.17 bits per heavy atom. The number of hydrogen-bond donors (Lipinski definition) is 2. The molecule has 0 aliphatic rings. The summed E-state index contributed by atoms with van der Waals surface area (Å²) in [6.07, 6.45) is 2.96. The van der Waals surface area contributed by atoms with Crippen LogP contribution in [0.3, 0.4) is 0 Å². The number of benzene rings is 2. The van der Waals surface area contributed by atoms with Crippen molar-refractivity contribution < 1.29 is 10.0 Å². The number of aromatic nitrogens is 1. The lowest BCUT2D eigenvalue weighted by Gasteiger charge is -2.09. The molecule has 0 bridgehead atoms. The predicted molar refractivity (Wildman–Crippen MR) is 90.8 cm³/mol. The summed E-state index contributed by atoms with van der Waals surface area (Å²) >= 11 is 0. The average Bonchev–Trinajstić information content (AvgIpc) is 2.93. The van der Waals surface area contributed by atoms with Crippen molar-refractivity contribution in [3.8, 4) is 0 Å². The number of carbonyl (C=O) groups excluding carboxylic acids is 1. The van der Waals surface area contributed by atoms with Crippen LogP contribution in [0.5, 0.6) is 0 Å². The van der Waals surface area contributed by atoms with E-state index < -0.39 is 5.91 Å². The first-order valence-electron chi connectivity index (χ1n) is 7.72. The van der Waals surface area contributed by atoms with Crippen LogP contribution in [0.25, 0.3) is 10.9 Å². The summed E-state index contributed by atoms with van der Waals surface area (Å²) in [5.41, 5.74) is 5.65. The quantitative estimate of drug-likeness (QED) is 0.567. The fraction of sp³-hybridized carbons (Fsp3) is 0.211. The number of hydrogen-bond acceptors (Lipinski definition) is 2. The van der Waals surface area contributed by atoms with Crippen LogP contribution in [0.15, 0.2) is 54.7 Å². The Bertz CT molecular complexity index is 835. The highest BCUT2D eigenvalue weighted by Crippen LogP contribution is 2.27. The highest BCUT2D eigenvalue weighted by molar-refractivity contribution is 5.98. The Morgan fingerprint density at radius 3 is 2.57 bits per heavy atom. The molecule has 0 saturated heterocycles. The van der Waals surface area contributed by atoms with Crippen molar-refractivity contribution >= 4 is 16.8 Å². The molecule has 3 rings (SSSR count). The van der Waals surface area contributed by atoms with Crippen LogP contribution < -0.4 is 5.48 Å². The van der Waals surface area contributed by atoms with Crippen molar-refractivity contribution in [3.05, 3.63) is 71.4 Å². The number of nitrogens with zero attached hydrogens (tertiary/aromatic N) is 1. The van der Waals surface area contributed by atoms with E-state index in [4.69, 9.17) is 5.21 Å². The van der Waals surface area contributed by atoms with Gasteiger partial charge in [-0.15, -0.1) is 0 Å². The molecule has 2 aromatic carbocycles. The minimum atomic E-state index is -0.491. The molecule has 23 heavy (non-hydrogen) atoms. The number of hydroxylamine groups is 1. The third-order valence-electron chi connectivity index (χ3n) is 4.07. The van der Waals surface area contributed by atoms with Gasteiger partial charge < -0.3 is 4.57 Å². The zero-order chi connectivity index (χ0) is 16.4. The van der Waals surface area contributed by atoms with E-state index in [1.165, 1.54) is 11.1 Å². The molecule has 0 atom stereocenters. The van der Waals surface area contributed by atoms with Gasteiger partial charge in [-0.05, 0) is 49.6 Å². The van der Waals surface area contributed by atoms with Gasteiger partial charge in [0.15, 0.2) is 0 Å². The summed E-state index contributed by atoms with van der Waals surface area (Å²) in [4.78, 5) is 11.7. The summed E-state index contributed by atoms with van der Waals surface area (Å²) < 4.78 is 2.22. The lowest BCUT2D eigenvalue weighted by Crippen LogP contribution is -2.18. The summed E-state index contributed by atoms with van der Waals surface area (Å²) in [6.45, 7) is 4.28. The van der Waals surface area contributed by atoms with E-state index in [9.17, 15) is 4.79 Å². The summed E-state index contributed by atoms with van der Waals surface area (Å²) in [7, 11) is 0. The number of amides is 1. The van der Waals surface area contributed by atoms with Crippen LogP contribution in [-0.4, -0.2) is 15.7 Å². The van der Waals surface area contributed by atoms with Crippen molar-refractivity contribution in [1.29, 1.82) is 0 Å². The van der Waals surface area contributed by atoms with E-state index in [2.05, 4.69) is 36.7 Å². The summed E-state index contributed by atoms with van der Waals surface area (Å²) in [6, 6.07) is 16.1. The van der Waals surface area contributed by atoms with Crippen molar-refractivity contribution in [1.82, 2.24) is 10.0 Å². The predicted octanol–water partition coefficient (Wildman–Crippen LogP) is 3.93. The van der Waals surface area contributed by atoms with Crippen LogP contribution in [0, 0.1) is 0 Å². The van der Waals surface area contributed by atoms with Crippen LogP contribution in [-0.2, 0) is 6.42 Å². The number of carbonyl (C=O) groups is 1. The van der Waals surface area contributed by atoms with E-state index in [1.807, 2.05) is 30.3 Å². The van der Waals surface area contributed by atoms with Gasteiger partial charge in [0.05, 0.1) is 0 Å². The van der Waals surface area contributed by atoms with E-state index in [0.717, 1.165) is 17.3 Å². The largest absolute Gasteiger partial charge is 0.345 e. The lowest BCUT2D eigenvalue weighted by molar-refractivity contribution is 0.0706. The first kappa shape index (κ1) is 15.3. The lowest BCUT2D eigenvalue weighted by atomic mass is 10.0. The number of nitrogens with one attached hydrogen (secondary N) is 1. The van der Waals surface area contributed by atoms with Gasteiger partial charge in [-0.1, -0.05) is 30.3 Å². The molecule has 0 radical (unpaired) electrons. The minimum Gasteiger partial charge on any atom is -0.345 e. The van der Waals surface area contributed by atoms with Crippen LogP contribution in [0.4, 0.5) is 0 Å². The first-order chi connectivity index (χ1) is 11.1. The highest BCUT2D eigenvalue weighted by Gasteiger charge is 2.14. The van der Waals surface area contributed by atoms with E-state index in [0.29, 0.717) is 11.6 Å². The Balaban J connectivity index is 2.13. The zero-order valence-corrected chi connectivity index (χ0v) is 13.3. The molecule has 0 fully saturated rings. The second-order valence-electron chi connectivity index (χ2n) is 5.99. The number of fused-ring (bicyclic) bond motifs is 1. The molecule has 4 heteroatoms. The van der Waals surface area contributed by atoms with Crippen LogP contribution in [0.2, 0.25) is 0 Å². The van der Waals surface area contributed by atoms with Gasteiger partial charge in [0.25, 0.3) is 5.91 Å². The Hall–Kier alpha value is -2.59. The molecular formula is C19H20N2O2. The molecule has 4 nitrogen and oxygen atoms in total. The average molecular weight is 308 g/mol. The fourth-order valence-corrected chi connectivity index (χ4v) is 2.92. The van der Waals surface area contributed by atoms with Gasteiger partial charge in [0, 0.05) is 28.7 Å². The molecule has 0 saturated carbocycles. The highest BCUT2D eigenvalue weighted by atomic mass is 16.5. The normalized spacial score (nSPS) is 11.1. The molecule has 0 unspecified atom stereocenters. The topological polar surface area (TPSA) is 54.3 Å². The maximum absolute atomic E-state index is 11.7. The SMILES string of the molecule is CC(C)n1cc(Cc2ccccc2)c2cc(C(=O)NO)ccc21. The first-order valence-corrected chi connectivity index (χ1v) is 7.72. The monoisotopic (exact) mass is 308 g/mol. The molecule has 1 amide bonds. The molecule has 0 spiro atoms. The van der Waals surface area contributed by atoms with Crippen LogP contribution >= 0.6 is 0 Å². The second-order valence-corrected chi connectivity index (χ2v) is 5.99. The molecule has 0 aliphatic carbocycles. The Morgan fingerprint density at radius 2 is 1.91 bits per heavy atom. The maximum atomic E-state index is 11.7. The third-order valence-corrected chi connectivity index (χ3v) is 4.07.